The maximum Gasteiger partial charge on any atom is 0.239 e. The lowest BCUT2D eigenvalue weighted by molar-refractivity contribution is -0.122. The fraction of sp³-hybridized carbons (Fsp3) is 0.229. The van der Waals surface area contributed by atoms with Crippen molar-refractivity contribution in [2.45, 2.75) is 32.1 Å². The van der Waals surface area contributed by atoms with Crippen LogP contribution in [0.1, 0.15) is 46.2 Å². The third-order valence-electron chi connectivity index (χ3n) is 8.85. The van der Waals surface area contributed by atoms with E-state index in [0.717, 1.165) is 33.5 Å². The number of rotatable bonds is 5. The van der Waals surface area contributed by atoms with Crippen molar-refractivity contribution < 1.29 is 14.3 Å². The number of hydrogen-bond donors (Lipinski definition) is 0. The largest absolute Gasteiger partial charge is 0.494 e. The lowest BCUT2D eigenvalue weighted by Crippen LogP contribution is -2.54. The van der Waals surface area contributed by atoms with E-state index in [-0.39, 0.29) is 17.7 Å². The second kappa shape index (κ2) is 9.02. The number of aryl methyl sites for hydroxylation is 2. The second-order valence-electron chi connectivity index (χ2n) is 11.0. The molecule has 4 aromatic carbocycles. The van der Waals surface area contributed by atoms with Crippen LogP contribution in [0.5, 0.6) is 5.75 Å². The van der Waals surface area contributed by atoms with Gasteiger partial charge in [-0.15, -0.1) is 0 Å². The molecule has 198 valence electrons. The topological polar surface area (TPSA) is 59.0 Å². The number of amides is 2. The minimum absolute atomic E-state index is 0.155. The van der Waals surface area contributed by atoms with Gasteiger partial charge in [-0.2, -0.15) is 0 Å². The molecule has 0 saturated carbocycles. The molecule has 40 heavy (non-hydrogen) atoms. The SMILES string of the molecule is CCOc1ccc(N2C(=O)[C@@H]3C4c5ccccc5C(C=Nc5ccc(C)cc5C)(c5ccccc54)[C@@H]3C2=O)cc1. The summed E-state index contributed by atoms with van der Waals surface area (Å²) in [7, 11) is 0. The minimum atomic E-state index is -0.878. The Labute approximate surface area is 234 Å². The Morgan fingerprint density at radius 2 is 1.50 bits per heavy atom. The van der Waals surface area contributed by atoms with Gasteiger partial charge in [-0.3, -0.25) is 14.6 Å². The van der Waals surface area contributed by atoms with Crippen molar-refractivity contribution in [2.24, 2.45) is 16.8 Å². The molecule has 0 N–H and O–H groups in total. The number of carbonyl (C=O) groups is 2. The quantitative estimate of drug-likeness (QED) is 0.216. The molecule has 1 aliphatic heterocycles. The third-order valence-corrected chi connectivity index (χ3v) is 8.85. The Morgan fingerprint density at radius 1 is 0.850 bits per heavy atom. The molecule has 3 aliphatic carbocycles. The molecule has 1 saturated heterocycles. The Morgan fingerprint density at radius 3 is 2.12 bits per heavy atom. The van der Waals surface area contributed by atoms with Crippen LogP contribution in [-0.2, 0) is 15.0 Å². The summed E-state index contributed by atoms with van der Waals surface area (Å²) in [5.74, 6) is -0.944. The van der Waals surface area contributed by atoms with E-state index in [1.807, 2.05) is 55.6 Å². The number of benzene rings is 4. The molecule has 4 aromatic rings. The summed E-state index contributed by atoms with van der Waals surface area (Å²) in [5.41, 5.74) is 7.11. The Bertz CT molecular complexity index is 1660. The molecular weight excluding hydrogens is 496 g/mol. The zero-order valence-corrected chi connectivity index (χ0v) is 22.8. The highest BCUT2D eigenvalue weighted by Crippen LogP contribution is 2.63. The summed E-state index contributed by atoms with van der Waals surface area (Å²) in [5, 5.41) is 0. The first-order valence-electron chi connectivity index (χ1n) is 13.9. The normalized spacial score (nSPS) is 24.3. The summed E-state index contributed by atoms with van der Waals surface area (Å²) in [6.45, 7) is 6.59. The monoisotopic (exact) mass is 526 g/mol. The molecule has 1 heterocycles. The smallest absolute Gasteiger partial charge is 0.239 e. The van der Waals surface area contributed by atoms with Gasteiger partial charge in [0, 0.05) is 12.1 Å². The van der Waals surface area contributed by atoms with E-state index in [1.54, 1.807) is 12.1 Å². The summed E-state index contributed by atoms with van der Waals surface area (Å²) in [4.78, 5) is 35.3. The molecule has 0 aromatic heterocycles. The first kappa shape index (κ1) is 24.5. The van der Waals surface area contributed by atoms with Crippen LogP contribution in [0.25, 0.3) is 0 Å². The summed E-state index contributed by atoms with van der Waals surface area (Å²) in [6.07, 6.45) is 1.96. The van der Waals surface area contributed by atoms with Crippen LogP contribution >= 0.6 is 0 Å². The van der Waals surface area contributed by atoms with Crippen molar-refractivity contribution in [3.05, 3.63) is 124 Å². The highest BCUT2D eigenvalue weighted by Gasteiger charge is 2.67. The molecule has 5 heteroatoms. The van der Waals surface area contributed by atoms with Crippen LogP contribution in [0.4, 0.5) is 11.4 Å². The standard InChI is InChI=1S/C35H30N2O3/c1-4-40-24-16-14-23(15-17-24)37-33(38)31-30-25-9-5-7-11-27(25)35(32(31)34(37)39,28-12-8-6-10-26(28)30)20-36-29-18-13-21(2)19-22(29)3/h5-20,30-32H,4H2,1-3H3/t30?,31-,32+,35?/m1/s1. The van der Waals surface area contributed by atoms with Gasteiger partial charge in [0.2, 0.25) is 11.8 Å². The molecule has 0 spiro atoms. The maximum atomic E-state index is 14.5. The zero-order chi connectivity index (χ0) is 27.6. The van der Waals surface area contributed by atoms with Crippen LogP contribution in [0.15, 0.2) is 96.0 Å². The van der Waals surface area contributed by atoms with E-state index in [9.17, 15) is 9.59 Å². The number of imide groups is 1. The Kier molecular flexibility index (Phi) is 5.53. The van der Waals surface area contributed by atoms with Crippen LogP contribution in [-0.4, -0.2) is 24.6 Å². The number of hydrogen-bond acceptors (Lipinski definition) is 4. The summed E-state index contributed by atoms with van der Waals surface area (Å²) >= 11 is 0. The van der Waals surface area contributed by atoms with Crippen LogP contribution in [0, 0.1) is 25.7 Å². The number of carbonyl (C=O) groups excluding carboxylic acids is 2. The van der Waals surface area contributed by atoms with Crippen molar-refractivity contribution in [2.75, 3.05) is 11.5 Å². The Hall–Kier alpha value is -4.51. The van der Waals surface area contributed by atoms with E-state index in [1.165, 1.54) is 10.5 Å². The van der Waals surface area contributed by atoms with E-state index < -0.39 is 17.3 Å². The van der Waals surface area contributed by atoms with Gasteiger partial charge in [0.15, 0.2) is 0 Å². The Balaban J connectivity index is 1.45. The number of nitrogens with zero attached hydrogens (tertiary/aromatic N) is 2. The predicted octanol–water partition coefficient (Wildman–Crippen LogP) is 6.66. The summed E-state index contributed by atoms with van der Waals surface area (Å²) in [6, 6.07) is 30.0. The van der Waals surface area contributed by atoms with Gasteiger partial charge in [-0.25, -0.2) is 4.90 Å². The first-order valence-corrected chi connectivity index (χ1v) is 13.9. The van der Waals surface area contributed by atoms with Crippen LogP contribution < -0.4 is 9.64 Å². The molecule has 0 unspecified atom stereocenters. The molecule has 5 nitrogen and oxygen atoms in total. The van der Waals surface area contributed by atoms with E-state index in [4.69, 9.17) is 9.73 Å². The number of aliphatic imine (C=N–C) groups is 1. The first-order chi connectivity index (χ1) is 19.5. The fourth-order valence-corrected chi connectivity index (χ4v) is 7.28. The number of anilines is 1. The van der Waals surface area contributed by atoms with E-state index in [2.05, 4.69) is 50.2 Å². The van der Waals surface area contributed by atoms with E-state index >= 15 is 0 Å². The average Bonchev–Trinajstić information content (AvgIpc) is 3.24. The predicted molar refractivity (Wildman–Crippen MR) is 157 cm³/mol. The lowest BCUT2D eigenvalue weighted by Gasteiger charge is -2.52. The van der Waals surface area contributed by atoms with Crippen molar-refractivity contribution in [1.82, 2.24) is 0 Å². The van der Waals surface area contributed by atoms with Crippen molar-refractivity contribution in [3.63, 3.8) is 0 Å². The van der Waals surface area contributed by atoms with Gasteiger partial charge in [0.05, 0.1) is 35.2 Å². The molecule has 8 rings (SSSR count). The maximum absolute atomic E-state index is 14.5. The van der Waals surface area contributed by atoms with E-state index in [0.29, 0.717) is 18.0 Å². The van der Waals surface area contributed by atoms with Crippen molar-refractivity contribution in [3.8, 4) is 5.75 Å². The zero-order valence-electron chi connectivity index (χ0n) is 22.8. The van der Waals surface area contributed by atoms with Gasteiger partial charge in [-0.1, -0.05) is 66.2 Å². The summed E-state index contributed by atoms with van der Waals surface area (Å²) < 4.78 is 5.60. The van der Waals surface area contributed by atoms with Gasteiger partial charge >= 0.3 is 0 Å². The second-order valence-corrected chi connectivity index (χ2v) is 11.0. The van der Waals surface area contributed by atoms with Crippen molar-refractivity contribution >= 4 is 29.4 Å². The molecule has 0 radical (unpaired) electrons. The molecule has 1 fully saturated rings. The highest BCUT2D eigenvalue weighted by atomic mass is 16.5. The number of ether oxygens (including phenoxy) is 1. The van der Waals surface area contributed by atoms with Gasteiger partial charge < -0.3 is 4.74 Å². The molecule has 2 atom stereocenters. The molecule has 2 amide bonds. The van der Waals surface area contributed by atoms with Crippen LogP contribution in [0.2, 0.25) is 0 Å². The van der Waals surface area contributed by atoms with Crippen molar-refractivity contribution in [1.29, 1.82) is 0 Å². The van der Waals surface area contributed by atoms with Gasteiger partial charge in [0.25, 0.3) is 0 Å². The van der Waals surface area contributed by atoms with Gasteiger partial charge in [-0.05, 0) is 78.9 Å². The molecular formula is C35H30N2O3. The minimum Gasteiger partial charge on any atom is -0.494 e. The highest BCUT2D eigenvalue weighted by molar-refractivity contribution is 6.25. The lowest BCUT2D eigenvalue weighted by atomic mass is 9.47. The molecule has 2 bridgehead atoms. The van der Waals surface area contributed by atoms with Crippen LogP contribution in [0.3, 0.4) is 0 Å². The van der Waals surface area contributed by atoms with Gasteiger partial charge in [0.1, 0.15) is 5.75 Å². The fourth-order valence-electron chi connectivity index (χ4n) is 7.28. The third kappa shape index (κ3) is 3.30. The average molecular weight is 527 g/mol. The molecule has 4 aliphatic rings.